The standard InChI is InChI=1S/C22H20N2O5S/c1-26-15-7-4-6-14(12-15)21(25)24(13-16-8-5-11-29-16)22-23-19-17(27-2)9-10-18(28-3)20(19)30-22/h4-12H,13H2,1-3H3. The highest BCUT2D eigenvalue weighted by atomic mass is 32.1. The average molecular weight is 424 g/mol. The molecule has 2 aromatic carbocycles. The highest BCUT2D eigenvalue weighted by molar-refractivity contribution is 7.22. The number of hydrogen-bond acceptors (Lipinski definition) is 7. The molecule has 4 aromatic rings. The Hall–Kier alpha value is -3.52. The number of carbonyl (C=O) groups is 1. The van der Waals surface area contributed by atoms with Crippen LogP contribution in [-0.2, 0) is 6.54 Å². The molecule has 0 N–H and O–H groups in total. The van der Waals surface area contributed by atoms with Crippen LogP contribution >= 0.6 is 11.3 Å². The quantitative estimate of drug-likeness (QED) is 0.426. The second-order valence-corrected chi connectivity index (χ2v) is 7.32. The third kappa shape index (κ3) is 3.69. The summed E-state index contributed by atoms with van der Waals surface area (Å²) < 4.78 is 22.5. The van der Waals surface area contributed by atoms with Crippen LogP contribution in [-0.4, -0.2) is 32.2 Å². The van der Waals surface area contributed by atoms with Gasteiger partial charge in [-0.1, -0.05) is 17.4 Å². The fourth-order valence-electron chi connectivity index (χ4n) is 3.09. The molecule has 0 saturated carbocycles. The summed E-state index contributed by atoms with van der Waals surface area (Å²) in [6, 6.07) is 14.2. The Morgan fingerprint density at radius 1 is 1.03 bits per heavy atom. The molecule has 0 aliphatic carbocycles. The van der Waals surface area contributed by atoms with Crippen molar-refractivity contribution in [3.05, 3.63) is 66.1 Å². The first-order valence-electron chi connectivity index (χ1n) is 9.14. The zero-order valence-corrected chi connectivity index (χ0v) is 17.6. The predicted molar refractivity (Wildman–Crippen MR) is 115 cm³/mol. The van der Waals surface area contributed by atoms with Gasteiger partial charge in [0.15, 0.2) is 5.13 Å². The molecule has 0 radical (unpaired) electrons. The lowest BCUT2D eigenvalue weighted by Gasteiger charge is -2.19. The Labute approximate surface area is 177 Å². The van der Waals surface area contributed by atoms with Crippen molar-refractivity contribution in [3.63, 3.8) is 0 Å². The van der Waals surface area contributed by atoms with E-state index in [1.165, 1.54) is 11.3 Å². The summed E-state index contributed by atoms with van der Waals surface area (Å²) in [6.07, 6.45) is 1.58. The highest BCUT2D eigenvalue weighted by Crippen LogP contribution is 2.40. The zero-order chi connectivity index (χ0) is 21.1. The van der Waals surface area contributed by atoms with Crippen LogP contribution < -0.4 is 19.1 Å². The van der Waals surface area contributed by atoms with Gasteiger partial charge in [0.05, 0.1) is 34.1 Å². The zero-order valence-electron chi connectivity index (χ0n) is 16.7. The summed E-state index contributed by atoms with van der Waals surface area (Å²) in [7, 11) is 4.75. The van der Waals surface area contributed by atoms with E-state index in [1.807, 2.05) is 12.1 Å². The predicted octanol–water partition coefficient (Wildman–Crippen LogP) is 4.76. The Morgan fingerprint density at radius 3 is 2.53 bits per heavy atom. The highest BCUT2D eigenvalue weighted by Gasteiger charge is 2.25. The van der Waals surface area contributed by atoms with Gasteiger partial charge in [-0.15, -0.1) is 0 Å². The van der Waals surface area contributed by atoms with E-state index >= 15 is 0 Å². The summed E-state index contributed by atoms with van der Waals surface area (Å²) in [4.78, 5) is 19.7. The molecule has 1 amide bonds. The molecule has 0 aliphatic rings. The van der Waals surface area contributed by atoms with Crippen LogP contribution in [0.5, 0.6) is 17.2 Å². The van der Waals surface area contributed by atoms with Crippen LogP contribution in [0.4, 0.5) is 5.13 Å². The number of thiazole rings is 1. The van der Waals surface area contributed by atoms with Crippen molar-refractivity contribution < 1.29 is 23.4 Å². The molecule has 4 rings (SSSR count). The number of fused-ring (bicyclic) bond motifs is 1. The molecule has 2 aromatic heterocycles. The first-order chi connectivity index (χ1) is 14.6. The second-order valence-electron chi connectivity index (χ2n) is 6.35. The summed E-state index contributed by atoms with van der Waals surface area (Å²) in [5.74, 6) is 2.31. The summed E-state index contributed by atoms with van der Waals surface area (Å²) >= 11 is 1.36. The molecular weight excluding hydrogens is 404 g/mol. The minimum Gasteiger partial charge on any atom is -0.497 e. The number of hydrogen-bond donors (Lipinski definition) is 0. The van der Waals surface area contributed by atoms with Crippen molar-refractivity contribution in [2.45, 2.75) is 6.54 Å². The van der Waals surface area contributed by atoms with Crippen molar-refractivity contribution in [3.8, 4) is 17.2 Å². The number of rotatable bonds is 7. The minimum absolute atomic E-state index is 0.220. The van der Waals surface area contributed by atoms with Gasteiger partial charge in [-0.3, -0.25) is 9.69 Å². The lowest BCUT2D eigenvalue weighted by atomic mass is 10.2. The molecule has 0 atom stereocenters. The van der Waals surface area contributed by atoms with Gasteiger partial charge in [0.1, 0.15) is 33.2 Å². The van der Waals surface area contributed by atoms with E-state index in [0.29, 0.717) is 39.2 Å². The van der Waals surface area contributed by atoms with Gasteiger partial charge in [-0.05, 0) is 42.5 Å². The number of ether oxygens (including phenoxy) is 3. The van der Waals surface area contributed by atoms with Crippen molar-refractivity contribution in [1.29, 1.82) is 0 Å². The summed E-state index contributed by atoms with van der Waals surface area (Å²) in [5.41, 5.74) is 1.12. The van der Waals surface area contributed by atoms with E-state index in [4.69, 9.17) is 23.6 Å². The molecule has 0 spiro atoms. The molecule has 154 valence electrons. The van der Waals surface area contributed by atoms with Gasteiger partial charge < -0.3 is 18.6 Å². The van der Waals surface area contributed by atoms with Gasteiger partial charge in [-0.25, -0.2) is 4.98 Å². The Morgan fingerprint density at radius 2 is 1.83 bits per heavy atom. The number of methoxy groups -OCH3 is 3. The van der Waals surface area contributed by atoms with E-state index < -0.39 is 0 Å². The maximum absolute atomic E-state index is 13.5. The maximum atomic E-state index is 13.5. The molecule has 0 fully saturated rings. The SMILES string of the molecule is COc1cccc(C(=O)N(Cc2ccco2)c2nc3c(OC)ccc(OC)c3s2)c1. The van der Waals surface area contributed by atoms with Crippen LogP contribution in [0.1, 0.15) is 16.1 Å². The average Bonchev–Trinajstić information content (AvgIpc) is 3.46. The minimum atomic E-state index is -0.220. The molecule has 0 bridgehead atoms. The van der Waals surface area contributed by atoms with Gasteiger partial charge in [-0.2, -0.15) is 0 Å². The van der Waals surface area contributed by atoms with Crippen molar-refractivity contribution in [2.24, 2.45) is 0 Å². The number of benzene rings is 2. The summed E-state index contributed by atoms with van der Waals surface area (Å²) in [6.45, 7) is 0.230. The number of furan rings is 1. The third-order valence-corrected chi connectivity index (χ3v) is 5.68. The van der Waals surface area contributed by atoms with Gasteiger partial charge in [0.2, 0.25) is 0 Å². The van der Waals surface area contributed by atoms with Crippen molar-refractivity contribution in [2.75, 3.05) is 26.2 Å². The second kappa shape index (κ2) is 8.46. The van der Waals surface area contributed by atoms with Gasteiger partial charge in [0, 0.05) is 5.56 Å². The van der Waals surface area contributed by atoms with E-state index in [-0.39, 0.29) is 12.5 Å². The number of amides is 1. The largest absolute Gasteiger partial charge is 0.497 e. The third-order valence-electron chi connectivity index (χ3n) is 4.59. The first kappa shape index (κ1) is 19.8. The molecule has 7 nitrogen and oxygen atoms in total. The monoisotopic (exact) mass is 424 g/mol. The van der Waals surface area contributed by atoms with Crippen LogP contribution in [0.2, 0.25) is 0 Å². The molecule has 0 saturated heterocycles. The fraction of sp³-hybridized carbons (Fsp3) is 0.182. The van der Waals surface area contributed by atoms with Gasteiger partial charge in [0.25, 0.3) is 5.91 Å². The molecule has 8 heteroatoms. The van der Waals surface area contributed by atoms with Crippen LogP contribution in [0, 0.1) is 0 Å². The van der Waals surface area contributed by atoms with E-state index in [0.717, 1.165) is 4.70 Å². The molecule has 2 heterocycles. The molecular formula is C22H20N2O5S. The number of nitrogens with zero attached hydrogens (tertiary/aromatic N) is 2. The lowest BCUT2D eigenvalue weighted by molar-refractivity contribution is 0.0983. The molecule has 30 heavy (non-hydrogen) atoms. The Balaban J connectivity index is 1.82. The number of carbonyl (C=O) groups excluding carboxylic acids is 1. The number of anilines is 1. The topological polar surface area (TPSA) is 74.0 Å². The van der Waals surface area contributed by atoms with Crippen LogP contribution in [0.25, 0.3) is 10.2 Å². The fourth-order valence-corrected chi connectivity index (χ4v) is 4.16. The van der Waals surface area contributed by atoms with E-state index in [9.17, 15) is 4.79 Å². The first-order valence-corrected chi connectivity index (χ1v) is 9.96. The van der Waals surface area contributed by atoms with E-state index in [2.05, 4.69) is 0 Å². The smallest absolute Gasteiger partial charge is 0.260 e. The molecule has 0 aliphatic heterocycles. The Bertz CT molecular complexity index is 1130. The van der Waals surface area contributed by atoms with Crippen LogP contribution in [0.15, 0.2) is 59.2 Å². The maximum Gasteiger partial charge on any atom is 0.260 e. The summed E-state index contributed by atoms with van der Waals surface area (Å²) in [5, 5.41) is 0.511. The van der Waals surface area contributed by atoms with E-state index in [1.54, 1.807) is 68.9 Å². The van der Waals surface area contributed by atoms with Crippen LogP contribution in [0.3, 0.4) is 0 Å². The normalized spacial score (nSPS) is 10.8. The number of aromatic nitrogens is 1. The van der Waals surface area contributed by atoms with Crippen molar-refractivity contribution in [1.82, 2.24) is 4.98 Å². The van der Waals surface area contributed by atoms with Gasteiger partial charge >= 0.3 is 0 Å². The lowest BCUT2D eigenvalue weighted by Crippen LogP contribution is -2.30. The van der Waals surface area contributed by atoms with Crippen molar-refractivity contribution >= 4 is 32.6 Å². The molecule has 0 unspecified atom stereocenters. The Kier molecular flexibility index (Phi) is 5.58.